The predicted molar refractivity (Wildman–Crippen MR) is 76.7 cm³/mol. The van der Waals surface area contributed by atoms with Gasteiger partial charge in [-0.05, 0) is 16.8 Å². The zero-order chi connectivity index (χ0) is 12.1. The van der Waals surface area contributed by atoms with Gasteiger partial charge in [0.1, 0.15) is 0 Å². The van der Waals surface area contributed by atoms with Crippen molar-refractivity contribution in [1.29, 1.82) is 0 Å². The van der Waals surface area contributed by atoms with Crippen molar-refractivity contribution in [1.82, 2.24) is 0 Å². The van der Waals surface area contributed by atoms with E-state index in [0.29, 0.717) is 0 Å². The summed E-state index contributed by atoms with van der Waals surface area (Å²) in [5, 5.41) is 1.34. The van der Waals surface area contributed by atoms with Crippen molar-refractivity contribution >= 4 is 13.3 Å². The van der Waals surface area contributed by atoms with Crippen LogP contribution in [0.15, 0.2) is 60.7 Å². The molecule has 0 saturated heterocycles. The summed E-state index contributed by atoms with van der Waals surface area (Å²) in [6.07, 6.45) is 5.80. The van der Waals surface area contributed by atoms with Crippen molar-refractivity contribution in [2.75, 3.05) is 0 Å². The van der Waals surface area contributed by atoms with Crippen molar-refractivity contribution in [2.45, 2.75) is 12.6 Å². The fourth-order valence-electron chi connectivity index (χ4n) is 2.05. The Hall–Kier alpha value is -1.78. The Labute approximate surface area is 104 Å². The van der Waals surface area contributed by atoms with Crippen LogP contribution in [0.5, 0.6) is 0 Å². The molecule has 84 valence electrons. The Morgan fingerprint density at radius 2 is 1.47 bits per heavy atom. The number of hydrogen-bond acceptors (Lipinski definition) is 0. The Kier molecular flexibility index (Phi) is 3.46. The van der Waals surface area contributed by atoms with Crippen molar-refractivity contribution in [3.05, 3.63) is 66.2 Å². The summed E-state index contributed by atoms with van der Waals surface area (Å²) >= 11 is 0. The summed E-state index contributed by atoms with van der Waals surface area (Å²) in [4.78, 5) is 0. The quantitative estimate of drug-likeness (QED) is 0.568. The van der Waals surface area contributed by atoms with Gasteiger partial charge in [0.05, 0.1) is 0 Å². The van der Waals surface area contributed by atoms with Crippen LogP contribution in [0.2, 0.25) is 6.55 Å². The first-order valence-corrected chi connectivity index (χ1v) is 8.52. The summed E-state index contributed by atoms with van der Waals surface area (Å²) in [5.74, 6) is 0. The van der Waals surface area contributed by atoms with E-state index in [9.17, 15) is 0 Å². The van der Waals surface area contributed by atoms with Gasteiger partial charge in [0.2, 0.25) is 0 Å². The van der Waals surface area contributed by atoms with E-state index < -0.39 is 8.07 Å². The monoisotopic (exact) mass is 236 g/mol. The lowest BCUT2D eigenvalue weighted by molar-refractivity contribution is 1.34. The number of benzene rings is 2. The average Bonchev–Trinajstić information content (AvgIpc) is 2.41. The molecule has 0 aliphatic heterocycles. The van der Waals surface area contributed by atoms with Crippen LogP contribution in [-0.2, 0) is 6.04 Å². The summed E-state index contributed by atoms with van der Waals surface area (Å²) in [6, 6.07) is 22.0. The van der Waals surface area contributed by atoms with E-state index in [1.807, 2.05) is 12.1 Å². The maximum Gasteiger partial charge on any atom is 0.169 e. The van der Waals surface area contributed by atoms with E-state index in [-0.39, 0.29) is 0 Å². The average molecular weight is 236 g/mol. The van der Waals surface area contributed by atoms with Gasteiger partial charge in [0.15, 0.2) is 8.07 Å². The van der Waals surface area contributed by atoms with E-state index in [1.165, 1.54) is 10.8 Å². The molecule has 2 aromatic rings. The molecule has 2 aromatic carbocycles. The lowest BCUT2D eigenvalue weighted by atomic mass is 10.2. The molecule has 0 N–H and O–H groups in total. The molecule has 0 aromatic heterocycles. The van der Waals surface area contributed by atoms with Crippen LogP contribution in [0, 0.1) is 12.0 Å². The number of rotatable bonds is 3. The van der Waals surface area contributed by atoms with Gasteiger partial charge in [-0.2, -0.15) is 0 Å². The second-order valence-electron chi connectivity index (χ2n) is 4.50. The molecule has 1 heteroatoms. The molecule has 0 amide bonds. The van der Waals surface area contributed by atoms with Crippen LogP contribution in [0.1, 0.15) is 5.56 Å². The van der Waals surface area contributed by atoms with Gasteiger partial charge in [0.25, 0.3) is 0 Å². The highest BCUT2D eigenvalue weighted by Gasteiger charge is 2.27. The molecule has 0 heterocycles. The molecule has 0 aliphatic rings. The molecule has 17 heavy (non-hydrogen) atoms. The third kappa shape index (κ3) is 2.67. The van der Waals surface area contributed by atoms with Crippen LogP contribution in [0.3, 0.4) is 0 Å². The molecule has 2 rings (SSSR count). The molecular weight excluding hydrogens is 220 g/mol. The summed E-state index contributed by atoms with van der Waals surface area (Å²) in [7, 11) is -1.81. The van der Waals surface area contributed by atoms with Crippen molar-refractivity contribution in [2.24, 2.45) is 0 Å². The fourth-order valence-corrected chi connectivity index (χ4v) is 4.50. The maximum absolute atomic E-state index is 5.80. The predicted octanol–water partition coefficient (Wildman–Crippen LogP) is 2.93. The highest BCUT2D eigenvalue weighted by molar-refractivity contribution is 6.96. The Balaban J connectivity index is 2.31. The van der Waals surface area contributed by atoms with Gasteiger partial charge in [-0.1, -0.05) is 67.2 Å². The minimum atomic E-state index is -1.81. The zero-order valence-electron chi connectivity index (χ0n) is 10.1. The molecule has 0 spiro atoms. The molecule has 0 bridgehead atoms. The number of terminal acetylenes is 1. The third-order valence-electron chi connectivity index (χ3n) is 3.13. The van der Waals surface area contributed by atoms with Gasteiger partial charge < -0.3 is 0 Å². The maximum atomic E-state index is 5.80. The molecule has 0 saturated carbocycles. The second-order valence-corrected chi connectivity index (χ2v) is 8.39. The minimum Gasteiger partial charge on any atom is -0.129 e. The van der Waals surface area contributed by atoms with E-state index in [4.69, 9.17) is 6.42 Å². The SMILES string of the molecule is C#C[Si](C)(Cc1ccccc1)c1ccccc1. The topological polar surface area (TPSA) is 0 Å². The molecule has 0 aliphatic carbocycles. The summed E-state index contributed by atoms with van der Waals surface area (Å²) in [5.41, 5.74) is 4.42. The molecule has 1 atom stereocenters. The van der Waals surface area contributed by atoms with Crippen LogP contribution in [0.25, 0.3) is 0 Å². The highest BCUT2D eigenvalue weighted by Crippen LogP contribution is 2.11. The van der Waals surface area contributed by atoms with E-state index >= 15 is 0 Å². The summed E-state index contributed by atoms with van der Waals surface area (Å²) in [6.45, 7) is 2.26. The van der Waals surface area contributed by atoms with Gasteiger partial charge in [-0.25, -0.2) is 0 Å². The van der Waals surface area contributed by atoms with Crippen molar-refractivity contribution in [3.8, 4) is 12.0 Å². The van der Waals surface area contributed by atoms with Crippen LogP contribution in [-0.4, -0.2) is 8.07 Å². The van der Waals surface area contributed by atoms with Crippen molar-refractivity contribution < 1.29 is 0 Å². The summed E-state index contributed by atoms with van der Waals surface area (Å²) < 4.78 is 0. The van der Waals surface area contributed by atoms with Gasteiger partial charge in [-0.3, -0.25) is 0 Å². The Morgan fingerprint density at radius 3 is 2.00 bits per heavy atom. The van der Waals surface area contributed by atoms with Crippen molar-refractivity contribution in [3.63, 3.8) is 0 Å². The Bertz CT molecular complexity index is 510. The molecule has 0 radical (unpaired) electrons. The standard InChI is InChI=1S/C16H16Si/c1-3-17(2,16-12-8-5-9-13-16)14-15-10-6-4-7-11-15/h1,4-13H,14H2,2H3. The molecular formula is C16H16Si. The smallest absolute Gasteiger partial charge is 0.129 e. The highest BCUT2D eigenvalue weighted by atomic mass is 28.3. The third-order valence-corrected chi connectivity index (χ3v) is 6.49. The van der Waals surface area contributed by atoms with Crippen LogP contribution in [0.4, 0.5) is 0 Å². The lowest BCUT2D eigenvalue weighted by Gasteiger charge is -2.21. The van der Waals surface area contributed by atoms with Gasteiger partial charge in [-0.15, -0.1) is 12.0 Å². The minimum absolute atomic E-state index is 1.01. The van der Waals surface area contributed by atoms with E-state index in [0.717, 1.165) is 6.04 Å². The van der Waals surface area contributed by atoms with E-state index in [1.54, 1.807) is 0 Å². The fraction of sp³-hybridized carbons (Fsp3) is 0.125. The van der Waals surface area contributed by atoms with Crippen LogP contribution < -0.4 is 5.19 Å². The molecule has 0 fully saturated rings. The first kappa shape index (κ1) is 11.7. The zero-order valence-corrected chi connectivity index (χ0v) is 11.1. The normalized spacial score (nSPS) is 13.6. The van der Waals surface area contributed by atoms with Crippen LogP contribution >= 0.6 is 0 Å². The van der Waals surface area contributed by atoms with Gasteiger partial charge >= 0.3 is 0 Å². The largest absolute Gasteiger partial charge is 0.169 e. The van der Waals surface area contributed by atoms with Gasteiger partial charge in [0, 0.05) is 0 Å². The van der Waals surface area contributed by atoms with E-state index in [2.05, 4.69) is 60.6 Å². The number of hydrogen-bond donors (Lipinski definition) is 0. The molecule has 0 nitrogen and oxygen atoms in total. The molecule has 1 unspecified atom stereocenters. The Morgan fingerprint density at radius 1 is 0.941 bits per heavy atom. The lowest BCUT2D eigenvalue weighted by Crippen LogP contribution is -2.46. The first-order valence-electron chi connectivity index (χ1n) is 5.82. The first-order chi connectivity index (χ1) is 8.24. The second kappa shape index (κ2) is 5.03.